The zero-order valence-electron chi connectivity index (χ0n) is 19.1. The van der Waals surface area contributed by atoms with Crippen molar-refractivity contribution in [1.82, 2.24) is 4.90 Å². The van der Waals surface area contributed by atoms with E-state index in [0.29, 0.717) is 25.4 Å². The molecule has 0 radical (unpaired) electrons. The van der Waals surface area contributed by atoms with Crippen LogP contribution in [0.3, 0.4) is 0 Å². The molecule has 2 unspecified atom stereocenters. The summed E-state index contributed by atoms with van der Waals surface area (Å²) in [5.74, 6) is 0.610. The lowest BCUT2D eigenvalue weighted by Crippen LogP contribution is -2.54. The molecule has 5 nitrogen and oxygen atoms in total. The molecule has 3 aliphatic heterocycles. The Bertz CT molecular complexity index is 971. The zero-order chi connectivity index (χ0) is 22.4. The Labute approximate surface area is 195 Å². The van der Waals surface area contributed by atoms with Gasteiger partial charge in [0.1, 0.15) is 6.61 Å². The summed E-state index contributed by atoms with van der Waals surface area (Å²) in [6, 6.07) is 17.0. The Morgan fingerprint density at radius 3 is 2.12 bits per heavy atom. The predicted molar refractivity (Wildman–Crippen MR) is 126 cm³/mol. The molecule has 0 saturated carbocycles. The number of aliphatic hydroxyl groups is 1. The largest absolute Gasteiger partial charge is 0.448 e. The van der Waals surface area contributed by atoms with Crippen LogP contribution in [0.5, 0.6) is 0 Å². The van der Waals surface area contributed by atoms with E-state index in [-0.39, 0.29) is 24.1 Å². The van der Waals surface area contributed by atoms with Crippen molar-refractivity contribution >= 4 is 6.09 Å². The van der Waals surface area contributed by atoms with Gasteiger partial charge in [-0.2, -0.15) is 0 Å². The molecule has 2 aromatic rings. The van der Waals surface area contributed by atoms with Crippen LogP contribution in [0, 0.1) is 5.92 Å². The molecule has 2 bridgehead atoms. The third-order valence-electron chi connectivity index (χ3n) is 8.41. The van der Waals surface area contributed by atoms with Gasteiger partial charge in [-0.3, -0.25) is 0 Å². The van der Waals surface area contributed by atoms with Crippen molar-refractivity contribution in [2.75, 3.05) is 19.8 Å². The van der Waals surface area contributed by atoms with Crippen molar-refractivity contribution in [2.24, 2.45) is 5.92 Å². The maximum atomic E-state index is 13.2. The molecular formula is C28H33NO4. The number of benzene rings is 2. The summed E-state index contributed by atoms with van der Waals surface area (Å²) < 4.78 is 11.5. The highest BCUT2D eigenvalue weighted by atomic mass is 16.6. The fourth-order valence-electron chi connectivity index (χ4n) is 6.94. The SMILES string of the molecule is O=C(OCC1c2ccccc2-c2ccccc21)N1C2CCC1CC(O)(CC1CCOCC1)C2. The molecule has 0 aromatic heterocycles. The Balaban J connectivity index is 1.13. The second-order valence-corrected chi connectivity index (χ2v) is 10.5. The van der Waals surface area contributed by atoms with E-state index in [2.05, 4.69) is 48.5 Å². The molecule has 0 spiro atoms. The van der Waals surface area contributed by atoms with Crippen LogP contribution in [-0.4, -0.2) is 53.6 Å². The fraction of sp³-hybridized carbons (Fsp3) is 0.536. The van der Waals surface area contributed by atoms with Crippen molar-refractivity contribution in [1.29, 1.82) is 0 Å². The van der Waals surface area contributed by atoms with Gasteiger partial charge in [0.25, 0.3) is 0 Å². The van der Waals surface area contributed by atoms with Crippen molar-refractivity contribution < 1.29 is 19.4 Å². The lowest BCUT2D eigenvalue weighted by atomic mass is 9.77. The number of piperidine rings is 1. The molecule has 6 rings (SSSR count). The van der Waals surface area contributed by atoms with E-state index in [4.69, 9.17) is 9.47 Å². The minimum Gasteiger partial charge on any atom is -0.448 e. The van der Waals surface area contributed by atoms with E-state index in [1.807, 2.05) is 4.90 Å². The first-order valence-electron chi connectivity index (χ1n) is 12.5. The van der Waals surface area contributed by atoms with E-state index in [9.17, 15) is 9.90 Å². The van der Waals surface area contributed by atoms with Crippen LogP contribution in [0.25, 0.3) is 11.1 Å². The smallest absolute Gasteiger partial charge is 0.410 e. The molecule has 1 amide bonds. The van der Waals surface area contributed by atoms with Crippen LogP contribution in [0.15, 0.2) is 48.5 Å². The summed E-state index contributed by atoms with van der Waals surface area (Å²) in [7, 11) is 0. The number of hydrogen-bond acceptors (Lipinski definition) is 4. The van der Waals surface area contributed by atoms with Crippen LogP contribution in [0.2, 0.25) is 0 Å². The lowest BCUT2D eigenvalue weighted by Gasteiger charge is -2.44. The molecule has 4 aliphatic rings. The zero-order valence-corrected chi connectivity index (χ0v) is 19.1. The minimum absolute atomic E-state index is 0.0780. The first-order chi connectivity index (χ1) is 16.1. The molecular weight excluding hydrogens is 414 g/mol. The number of carbonyl (C=O) groups is 1. The molecule has 2 aromatic carbocycles. The first-order valence-corrected chi connectivity index (χ1v) is 12.5. The third-order valence-corrected chi connectivity index (χ3v) is 8.41. The average Bonchev–Trinajstić information content (AvgIpc) is 3.30. The van der Waals surface area contributed by atoms with Gasteiger partial charge in [0, 0.05) is 31.2 Å². The van der Waals surface area contributed by atoms with Crippen molar-refractivity contribution in [2.45, 2.75) is 68.5 Å². The van der Waals surface area contributed by atoms with Gasteiger partial charge in [0.05, 0.1) is 5.60 Å². The van der Waals surface area contributed by atoms with E-state index in [0.717, 1.165) is 45.3 Å². The third kappa shape index (κ3) is 3.85. The van der Waals surface area contributed by atoms with Crippen molar-refractivity contribution in [3.63, 3.8) is 0 Å². The Kier molecular flexibility index (Phi) is 5.42. The minimum atomic E-state index is -0.659. The number of hydrogen-bond donors (Lipinski definition) is 1. The maximum Gasteiger partial charge on any atom is 0.410 e. The standard InChI is InChI=1S/C28H33NO4/c30-27(33-18-26-24-7-3-1-5-22(24)23-6-2-4-8-25(23)26)29-20-9-10-21(29)17-28(31,16-20)15-19-11-13-32-14-12-19/h1-8,19-21,26,31H,9-18H2. The van der Waals surface area contributed by atoms with E-state index in [1.165, 1.54) is 22.3 Å². The van der Waals surface area contributed by atoms with Gasteiger partial charge in [0.2, 0.25) is 0 Å². The van der Waals surface area contributed by atoms with Gasteiger partial charge >= 0.3 is 6.09 Å². The molecule has 3 saturated heterocycles. The molecule has 3 heterocycles. The Morgan fingerprint density at radius 2 is 1.52 bits per heavy atom. The Hall–Kier alpha value is -2.37. The monoisotopic (exact) mass is 447 g/mol. The summed E-state index contributed by atoms with van der Waals surface area (Å²) >= 11 is 0. The second kappa shape index (κ2) is 8.44. The van der Waals surface area contributed by atoms with Crippen LogP contribution in [0.1, 0.15) is 62.0 Å². The van der Waals surface area contributed by atoms with E-state index < -0.39 is 5.60 Å². The van der Waals surface area contributed by atoms with Crippen molar-refractivity contribution in [3.05, 3.63) is 59.7 Å². The summed E-state index contributed by atoms with van der Waals surface area (Å²) in [6.07, 6.45) is 5.97. The molecule has 2 atom stereocenters. The number of ether oxygens (including phenoxy) is 2. The summed E-state index contributed by atoms with van der Waals surface area (Å²) in [5.41, 5.74) is 4.29. The molecule has 1 aliphatic carbocycles. The number of carbonyl (C=O) groups excluding carboxylic acids is 1. The normalized spacial score (nSPS) is 29.1. The van der Waals surface area contributed by atoms with Crippen LogP contribution >= 0.6 is 0 Å². The average molecular weight is 448 g/mol. The van der Waals surface area contributed by atoms with Crippen LogP contribution < -0.4 is 0 Å². The van der Waals surface area contributed by atoms with Gasteiger partial charge in [-0.05, 0) is 73.1 Å². The number of fused-ring (bicyclic) bond motifs is 5. The van der Waals surface area contributed by atoms with Gasteiger partial charge < -0.3 is 19.5 Å². The number of amides is 1. The van der Waals surface area contributed by atoms with E-state index >= 15 is 0 Å². The Morgan fingerprint density at radius 1 is 0.939 bits per heavy atom. The quantitative estimate of drug-likeness (QED) is 0.708. The van der Waals surface area contributed by atoms with E-state index in [1.54, 1.807) is 0 Å². The van der Waals surface area contributed by atoms with Crippen molar-refractivity contribution in [3.8, 4) is 11.1 Å². The summed E-state index contributed by atoms with van der Waals surface area (Å²) in [4.78, 5) is 15.2. The number of rotatable bonds is 4. The molecule has 5 heteroatoms. The predicted octanol–water partition coefficient (Wildman–Crippen LogP) is 5.11. The fourth-order valence-corrected chi connectivity index (χ4v) is 6.94. The summed E-state index contributed by atoms with van der Waals surface area (Å²) in [6.45, 7) is 1.97. The van der Waals surface area contributed by atoms with Gasteiger partial charge in [-0.1, -0.05) is 48.5 Å². The molecule has 174 valence electrons. The van der Waals surface area contributed by atoms with Gasteiger partial charge in [-0.25, -0.2) is 4.79 Å². The highest BCUT2D eigenvalue weighted by molar-refractivity contribution is 5.79. The molecule has 1 N–H and O–H groups in total. The van der Waals surface area contributed by atoms with Gasteiger partial charge in [-0.15, -0.1) is 0 Å². The molecule has 3 fully saturated rings. The highest BCUT2D eigenvalue weighted by Gasteiger charge is 2.50. The number of nitrogens with zero attached hydrogens (tertiary/aromatic N) is 1. The molecule has 33 heavy (non-hydrogen) atoms. The topological polar surface area (TPSA) is 59.0 Å². The van der Waals surface area contributed by atoms with Crippen LogP contribution in [-0.2, 0) is 9.47 Å². The lowest BCUT2D eigenvalue weighted by molar-refractivity contribution is -0.0716. The van der Waals surface area contributed by atoms with Gasteiger partial charge in [0.15, 0.2) is 0 Å². The first kappa shape index (κ1) is 21.2. The maximum absolute atomic E-state index is 13.2. The second-order valence-electron chi connectivity index (χ2n) is 10.5. The van der Waals surface area contributed by atoms with Crippen LogP contribution in [0.4, 0.5) is 4.79 Å². The highest BCUT2D eigenvalue weighted by Crippen LogP contribution is 2.46. The summed E-state index contributed by atoms with van der Waals surface area (Å²) in [5, 5.41) is 11.4.